The van der Waals surface area contributed by atoms with Gasteiger partial charge in [0.1, 0.15) is 5.69 Å². The summed E-state index contributed by atoms with van der Waals surface area (Å²) in [6.45, 7) is 5.25. The van der Waals surface area contributed by atoms with Gasteiger partial charge in [-0.15, -0.1) is 0 Å². The van der Waals surface area contributed by atoms with E-state index in [-0.39, 0.29) is 17.9 Å². The predicted octanol–water partition coefficient (Wildman–Crippen LogP) is 2.63. The van der Waals surface area contributed by atoms with Crippen molar-refractivity contribution in [2.45, 2.75) is 31.9 Å². The predicted molar refractivity (Wildman–Crippen MR) is 131 cm³/mol. The quantitative estimate of drug-likeness (QED) is 0.565. The lowest BCUT2D eigenvalue weighted by molar-refractivity contribution is 0.0785. The molecule has 8 nitrogen and oxygen atoms in total. The first kappa shape index (κ1) is 21.6. The molecule has 0 radical (unpaired) electrons. The fourth-order valence-corrected chi connectivity index (χ4v) is 4.86. The number of anilines is 3. The molecule has 2 aliphatic rings. The second-order valence-electron chi connectivity index (χ2n) is 9.15. The molecule has 2 aromatic heterocycles. The van der Waals surface area contributed by atoms with E-state index in [4.69, 9.17) is 5.73 Å². The number of pyridine rings is 2. The summed E-state index contributed by atoms with van der Waals surface area (Å²) < 4.78 is 0. The molecule has 1 aromatic carbocycles. The monoisotopic (exact) mass is 446 g/mol. The van der Waals surface area contributed by atoms with Crippen LogP contribution in [0.15, 0.2) is 48.8 Å². The number of nitrogens with zero attached hydrogens (tertiary/aromatic N) is 4. The molecule has 0 saturated carbocycles. The van der Waals surface area contributed by atoms with Gasteiger partial charge < -0.3 is 26.0 Å². The van der Waals surface area contributed by atoms with Crippen LogP contribution in [0.2, 0.25) is 0 Å². The molecule has 2 saturated heterocycles. The smallest absolute Gasteiger partial charge is 0.274 e. The Kier molecular flexibility index (Phi) is 5.86. The molecule has 172 valence electrons. The Morgan fingerprint density at radius 1 is 1.12 bits per heavy atom. The van der Waals surface area contributed by atoms with Crippen LogP contribution >= 0.6 is 0 Å². The van der Waals surface area contributed by atoms with Crippen LogP contribution in [-0.4, -0.2) is 59.3 Å². The van der Waals surface area contributed by atoms with Gasteiger partial charge in [0.15, 0.2) is 0 Å². The SMILES string of the molecule is CC1CN(c2ccncc2NC(=O)c2ccc3ccc(N4CCCC4)cc3n2)CC(N)C1O. The number of piperidine rings is 1. The highest BCUT2D eigenvalue weighted by atomic mass is 16.3. The fraction of sp³-hybridized carbons (Fsp3) is 0.400. The maximum absolute atomic E-state index is 13.1. The second-order valence-corrected chi connectivity index (χ2v) is 9.15. The number of hydrogen-bond acceptors (Lipinski definition) is 7. The van der Waals surface area contributed by atoms with Crippen LogP contribution in [0, 0.1) is 5.92 Å². The molecule has 0 bridgehead atoms. The van der Waals surface area contributed by atoms with Gasteiger partial charge in [0, 0.05) is 55.4 Å². The van der Waals surface area contributed by atoms with E-state index in [0.717, 1.165) is 35.4 Å². The summed E-state index contributed by atoms with van der Waals surface area (Å²) >= 11 is 0. The van der Waals surface area contributed by atoms with Crippen LogP contribution in [-0.2, 0) is 0 Å². The number of fused-ring (bicyclic) bond motifs is 1. The fourth-order valence-electron chi connectivity index (χ4n) is 4.86. The number of aliphatic hydroxyl groups is 1. The number of aliphatic hydroxyl groups excluding tert-OH is 1. The average molecular weight is 447 g/mol. The first-order chi connectivity index (χ1) is 16.0. The molecule has 0 aliphatic carbocycles. The van der Waals surface area contributed by atoms with E-state index in [2.05, 4.69) is 43.3 Å². The van der Waals surface area contributed by atoms with Gasteiger partial charge in [-0.2, -0.15) is 0 Å². The number of rotatable bonds is 4. The van der Waals surface area contributed by atoms with Gasteiger partial charge in [-0.05, 0) is 37.1 Å². The van der Waals surface area contributed by atoms with Gasteiger partial charge in [0.2, 0.25) is 0 Å². The van der Waals surface area contributed by atoms with Crippen LogP contribution in [0.1, 0.15) is 30.3 Å². The first-order valence-electron chi connectivity index (χ1n) is 11.6. The molecule has 1 amide bonds. The van der Waals surface area contributed by atoms with Crippen LogP contribution < -0.4 is 20.9 Å². The largest absolute Gasteiger partial charge is 0.391 e. The number of hydrogen-bond donors (Lipinski definition) is 3. The highest BCUT2D eigenvalue weighted by Crippen LogP contribution is 2.30. The Morgan fingerprint density at radius 3 is 2.70 bits per heavy atom. The summed E-state index contributed by atoms with van der Waals surface area (Å²) in [5.41, 5.74) is 9.90. The zero-order chi connectivity index (χ0) is 22.9. The van der Waals surface area contributed by atoms with Crippen molar-refractivity contribution in [2.75, 3.05) is 41.3 Å². The summed E-state index contributed by atoms with van der Waals surface area (Å²) in [5, 5.41) is 14.2. The maximum atomic E-state index is 13.1. The Bertz CT molecular complexity index is 1150. The minimum absolute atomic E-state index is 0.0254. The molecule has 4 heterocycles. The normalized spacial score (nSPS) is 23.2. The lowest BCUT2D eigenvalue weighted by atomic mass is 9.92. The van der Waals surface area contributed by atoms with Crippen molar-refractivity contribution in [2.24, 2.45) is 11.7 Å². The summed E-state index contributed by atoms with van der Waals surface area (Å²) in [6.07, 6.45) is 5.22. The van der Waals surface area contributed by atoms with Crippen LogP contribution in [0.3, 0.4) is 0 Å². The lowest BCUT2D eigenvalue weighted by Gasteiger charge is -2.40. The molecule has 5 rings (SSSR count). The molecular weight excluding hydrogens is 416 g/mol. The van der Waals surface area contributed by atoms with Gasteiger partial charge in [0.05, 0.1) is 29.2 Å². The highest BCUT2D eigenvalue weighted by Gasteiger charge is 2.32. The van der Waals surface area contributed by atoms with Gasteiger partial charge in [0.25, 0.3) is 5.91 Å². The Labute approximate surface area is 193 Å². The third-order valence-electron chi connectivity index (χ3n) is 6.73. The number of nitrogens with one attached hydrogen (secondary N) is 1. The van der Waals surface area contributed by atoms with Crippen molar-refractivity contribution < 1.29 is 9.90 Å². The highest BCUT2D eigenvalue weighted by molar-refractivity contribution is 6.05. The molecule has 0 spiro atoms. The standard InChI is InChI=1S/C25H30N6O2/c1-16-14-31(15-19(26)24(16)32)23-8-9-27-13-22(23)29-25(33)20-7-5-17-4-6-18(12-21(17)28-20)30-10-2-3-11-30/h4-9,12-13,16,19,24,32H,2-3,10-11,14-15,26H2,1H3,(H,29,33). The topological polar surface area (TPSA) is 108 Å². The Hall–Kier alpha value is -3.23. The van der Waals surface area contributed by atoms with Gasteiger partial charge in [-0.1, -0.05) is 19.1 Å². The van der Waals surface area contributed by atoms with E-state index in [1.807, 2.05) is 19.1 Å². The summed E-state index contributed by atoms with van der Waals surface area (Å²) in [5.74, 6) is -0.260. The van der Waals surface area contributed by atoms with Crippen molar-refractivity contribution >= 4 is 33.9 Å². The molecule has 2 fully saturated rings. The first-order valence-corrected chi connectivity index (χ1v) is 11.6. The molecule has 33 heavy (non-hydrogen) atoms. The second kappa shape index (κ2) is 8.96. The van der Waals surface area contributed by atoms with E-state index in [9.17, 15) is 9.90 Å². The van der Waals surface area contributed by atoms with E-state index >= 15 is 0 Å². The number of benzene rings is 1. The Morgan fingerprint density at radius 2 is 1.91 bits per heavy atom. The van der Waals surface area contributed by atoms with Crippen molar-refractivity contribution in [3.63, 3.8) is 0 Å². The Balaban J connectivity index is 1.38. The third-order valence-corrected chi connectivity index (χ3v) is 6.73. The lowest BCUT2D eigenvalue weighted by Crippen LogP contribution is -2.55. The number of carbonyl (C=O) groups is 1. The minimum atomic E-state index is -0.534. The van der Waals surface area contributed by atoms with Crippen LogP contribution in [0.4, 0.5) is 17.1 Å². The average Bonchev–Trinajstić information content (AvgIpc) is 3.37. The molecule has 2 aliphatic heterocycles. The van der Waals surface area contributed by atoms with Crippen molar-refractivity contribution in [3.05, 3.63) is 54.5 Å². The van der Waals surface area contributed by atoms with Crippen molar-refractivity contribution in [1.82, 2.24) is 9.97 Å². The molecular formula is C25H30N6O2. The summed E-state index contributed by atoms with van der Waals surface area (Å²) in [4.78, 5) is 26.4. The zero-order valence-corrected chi connectivity index (χ0v) is 18.8. The van der Waals surface area contributed by atoms with Gasteiger partial charge >= 0.3 is 0 Å². The summed E-state index contributed by atoms with van der Waals surface area (Å²) in [6, 6.07) is 11.4. The molecule has 4 N–H and O–H groups in total. The van der Waals surface area contributed by atoms with Crippen molar-refractivity contribution in [1.29, 1.82) is 0 Å². The zero-order valence-electron chi connectivity index (χ0n) is 18.8. The van der Waals surface area contributed by atoms with E-state index in [1.165, 1.54) is 12.8 Å². The molecule has 8 heteroatoms. The van der Waals surface area contributed by atoms with E-state index in [0.29, 0.717) is 24.5 Å². The van der Waals surface area contributed by atoms with Gasteiger partial charge in [-0.3, -0.25) is 9.78 Å². The number of aromatic nitrogens is 2. The number of nitrogens with two attached hydrogens (primary N) is 1. The van der Waals surface area contributed by atoms with Gasteiger partial charge in [-0.25, -0.2) is 4.98 Å². The van der Waals surface area contributed by atoms with Crippen LogP contribution in [0.5, 0.6) is 0 Å². The minimum Gasteiger partial charge on any atom is -0.391 e. The molecule has 3 unspecified atom stereocenters. The van der Waals surface area contributed by atoms with E-state index < -0.39 is 6.10 Å². The maximum Gasteiger partial charge on any atom is 0.274 e. The summed E-state index contributed by atoms with van der Waals surface area (Å²) in [7, 11) is 0. The number of carbonyl (C=O) groups excluding carboxylic acids is 1. The van der Waals surface area contributed by atoms with E-state index in [1.54, 1.807) is 18.5 Å². The number of amides is 1. The molecule has 3 atom stereocenters. The molecule has 3 aromatic rings. The third kappa shape index (κ3) is 4.36. The van der Waals surface area contributed by atoms with Crippen LogP contribution in [0.25, 0.3) is 10.9 Å². The van der Waals surface area contributed by atoms with Crippen molar-refractivity contribution in [3.8, 4) is 0 Å².